The van der Waals surface area contributed by atoms with Crippen LogP contribution in [0.2, 0.25) is 0 Å². The number of ether oxygens (including phenoxy) is 5. The van der Waals surface area contributed by atoms with Crippen LogP contribution in [0, 0.1) is 40.4 Å². The summed E-state index contributed by atoms with van der Waals surface area (Å²) in [6, 6.07) is 8.65. The van der Waals surface area contributed by atoms with E-state index < -0.39 is 52.5 Å². The van der Waals surface area contributed by atoms with Crippen LogP contribution >= 0.6 is 0 Å². The standard InChI is InChI=1S/C32H43NO9/c1-6-33-14-30(15-38-2)18(34)12-19(39-3)32-17-13-31(37)27(42-29(36)16-10-8-7-9-11-16)20(17)21(23(35)28(31)41-5)22(26(32)33)24(40-4)25(30)32/h7-11,17-22,24-28,34,37H,6,12-15H2,1-5H3/t17-,18-,19+,20+,21+,22+,24+,25-,26-,27-,28+,30+,31-,32+/m1/s1. The number of likely N-dealkylation sites (tertiary alicyclic amines) is 1. The van der Waals surface area contributed by atoms with Crippen LogP contribution in [-0.4, -0.2) is 117 Å². The van der Waals surface area contributed by atoms with Gasteiger partial charge in [-0.2, -0.15) is 0 Å². The van der Waals surface area contributed by atoms with Crippen LogP contribution in [0.4, 0.5) is 0 Å². The van der Waals surface area contributed by atoms with Gasteiger partial charge in [0.05, 0.1) is 30.5 Å². The molecular weight excluding hydrogens is 542 g/mol. The molecule has 0 radical (unpaired) electrons. The van der Waals surface area contributed by atoms with E-state index in [2.05, 4.69) is 11.8 Å². The number of ketones is 1. The van der Waals surface area contributed by atoms with Crippen LogP contribution in [0.25, 0.3) is 0 Å². The van der Waals surface area contributed by atoms with Crippen molar-refractivity contribution in [2.75, 3.05) is 48.1 Å². The molecule has 1 heterocycles. The molecule has 5 saturated carbocycles. The first-order valence-corrected chi connectivity index (χ1v) is 15.2. The lowest BCUT2D eigenvalue weighted by Crippen LogP contribution is -2.77. The smallest absolute Gasteiger partial charge is 0.338 e. The van der Waals surface area contributed by atoms with E-state index in [9.17, 15) is 19.8 Å². The molecule has 42 heavy (non-hydrogen) atoms. The van der Waals surface area contributed by atoms with Gasteiger partial charge in [0.2, 0.25) is 0 Å². The number of piperidine rings is 1. The Bertz CT molecular complexity index is 1250. The fourth-order valence-corrected chi connectivity index (χ4v) is 11.7. The molecule has 6 fully saturated rings. The van der Waals surface area contributed by atoms with E-state index in [-0.39, 0.29) is 48.2 Å². The minimum atomic E-state index is -1.70. The second-order valence-corrected chi connectivity index (χ2v) is 13.5. The van der Waals surface area contributed by atoms with Gasteiger partial charge in [0.1, 0.15) is 17.8 Å². The van der Waals surface area contributed by atoms with Crippen LogP contribution in [0.15, 0.2) is 30.3 Å². The molecule has 10 heteroatoms. The van der Waals surface area contributed by atoms with Gasteiger partial charge in [-0.15, -0.1) is 0 Å². The summed E-state index contributed by atoms with van der Waals surface area (Å²) in [4.78, 5) is 30.4. The fraction of sp³-hybridized carbons (Fsp3) is 0.750. The van der Waals surface area contributed by atoms with Crippen LogP contribution in [0.1, 0.15) is 30.1 Å². The maximum atomic E-state index is 14.5. The van der Waals surface area contributed by atoms with Gasteiger partial charge in [-0.05, 0) is 31.0 Å². The maximum Gasteiger partial charge on any atom is 0.338 e. The summed E-state index contributed by atoms with van der Waals surface area (Å²) in [5.41, 5.74) is -2.56. The van der Waals surface area contributed by atoms with Crippen LogP contribution in [-0.2, 0) is 28.5 Å². The maximum absolute atomic E-state index is 14.5. The summed E-state index contributed by atoms with van der Waals surface area (Å²) in [7, 11) is 6.49. The van der Waals surface area contributed by atoms with E-state index in [0.29, 0.717) is 31.7 Å². The zero-order valence-corrected chi connectivity index (χ0v) is 25.0. The molecule has 2 N–H and O–H groups in total. The van der Waals surface area contributed by atoms with Crippen molar-refractivity contribution in [3.05, 3.63) is 35.9 Å². The van der Waals surface area contributed by atoms with Crippen LogP contribution in [0.5, 0.6) is 0 Å². The Hall–Kier alpha value is -1.92. The van der Waals surface area contributed by atoms with Gasteiger partial charge in [-0.1, -0.05) is 25.1 Å². The van der Waals surface area contributed by atoms with Gasteiger partial charge in [-0.3, -0.25) is 9.69 Å². The van der Waals surface area contributed by atoms with E-state index in [1.54, 1.807) is 45.6 Å². The third kappa shape index (κ3) is 3.19. The number of aliphatic hydroxyl groups excluding tert-OH is 1. The number of rotatable bonds is 8. The highest BCUT2D eigenvalue weighted by Gasteiger charge is 2.87. The summed E-state index contributed by atoms with van der Waals surface area (Å²) in [6.45, 7) is 3.77. The summed E-state index contributed by atoms with van der Waals surface area (Å²) in [6.07, 6.45) is -2.90. The lowest BCUT2D eigenvalue weighted by molar-refractivity contribution is -0.280. The summed E-state index contributed by atoms with van der Waals surface area (Å²) in [5, 5.41) is 24.4. The number of fused-ring (bicyclic) bond motifs is 2. The minimum Gasteiger partial charge on any atom is -0.455 e. The number of esters is 1. The first-order valence-electron chi connectivity index (χ1n) is 15.2. The average Bonchev–Trinajstić information content (AvgIpc) is 3.33. The van der Waals surface area contributed by atoms with Gasteiger partial charge >= 0.3 is 5.97 Å². The SMILES string of the molecule is CCN1C[C@]2(COC)[C@H](O)C[C@H](OC)[C@@]34[C@@H]5C[C@@]6(O)[C@H](OC(=O)c7ccccc7)[C@@H]5[C@H](C(=O)[C@@H]6OC)[C@@H]([C@H](OC)[C@H]23)[C@@H]14. The number of hydrogen-bond donors (Lipinski definition) is 2. The Morgan fingerprint density at radius 3 is 2.43 bits per heavy atom. The van der Waals surface area contributed by atoms with E-state index in [1.807, 2.05) is 6.07 Å². The topological polar surface area (TPSA) is 124 Å². The molecule has 7 rings (SSSR count). The van der Waals surface area contributed by atoms with Crippen molar-refractivity contribution in [1.29, 1.82) is 0 Å². The van der Waals surface area contributed by atoms with Gasteiger partial charge in [-0.25, -0.2) is 4.79 Å². The van der Waals surface area contributed by atoms with Crippen molar-refractivity contribution in [2.24, 2.45) is 40.4 Å². The van der Waals surface area contributed by atoms with E-state index in [1.165, 1.54) is 7.11 Å². The molecule has 0 aromatic heterocycles. The fourth-order valence-electron chi connectivity index (χ4n) is 11.7. The van der Waals surface area contributed by atoms with E-state index >= 15 is 0 Å². The Kier molecular flexibility index (Phi) is 6.72. The molecule has 1 spiro atoms. The molecule has 0 unspecified atom stereocenters. The highest BCUT2D eigenvalue weighted by molar-refractivity contribution is 5.92. The van der Waals surface area contributed by atoms with E-state index in [0.717, 1.165) is 0 Å². The molecule has 1 aliphatic heterocycles. The van der Waals surface area contributed by atoms with Crippen LogP contribution in [0.3, 0.4) is 0 Å². The van der Waals surface area contributed by atoms with E-state index in [4.69, 9.17) is 23.7 Å². The molecular formula is C32H43NO9. The molecule has 0 amide bonds. The molecule has 14 atom stereocenters. The van der Waals surface area contributed by atoms with Crippen molar-refractivity contribution < 1.29 is 43.5 Å². The number of nitrogens with zero attached hydrogens (tertiary/aromatic N) is 1. The third-order valence-electron chi connectivity index (χ3n) is 12.5. The third-order valence-corrected chi connectivity index (χ3v) is 12.5. The molecule has 230 valence electrons. The number of hydrogen-bond acceptors (Lipinski definition) is 10. The number of carbonyl (C=O) groups is 2. The molecule has 1 aromatic rings. The van der Waals surface area contributed by atoms with Gasteiger partial charge in [0.25, 0.3) is 0 Å². The molecule has 10 nitrogen and oxygen atoms in total. The number of carbonyl (C=O) groups excluding carboxylic acids is 2. The lowest BCUT2D eigenvalue weighted by Gasteiger charge is -2.69. The Morgan fingerprint density at radius 1 is 1.07 bits per heavy atom. The molecule has 5 aliphatic carbocycles. The molecule has 1 saturated heterocycles. The Morgan fingerprint density at radius 2 is 1.81 bits per heavy atom. The van der Waals surface area contributed by atoms with Crippen molar-refractivity contribution in [2.45, 2.75) is 61.9 Å². The highest BCUT2D eigenvalue weighted by atomic mass is 16.6. The van der Waals surface area contributed by atoms with Gasteiger partial charge < -0.3 is 33.9 Å². The number of Topliss-reactive ketones (excluding diaryl/α,β-unsaturated/α-hetero) is 1. The predicted octanol–water partition coefficient (Wildman–Crippen LogP) is 1.17. The second kappa shape index (κ2) is 9.79. The lowest BCUT2D eigenvalue weighted by atomic mass is 9.43. The Labute approximate surface area is 246 Å². The predicted molar refractivity (Wildman–Crippen MR) is 148 cm³/mol. The first kappa shape index (κ1) is 28.8. The summed E-state index contributed by atoms with van der Waals surface area (Å²) in [5.74, 6) is -2.42. The van der Waals surface area contributed by atoms with Gasteiger partial charge in [0, 0.05) is 81.9 Å². The largest absolute Gasteiger partial charge is 0.455 e. The Balaban J connectivity index is 1.45. The minimum absolute atomic E-state index is 0.0847. The highest BCUT2D eigenvalue weighted by Crippen LogP contribution is 2.78. The first-order chi connectivity index (χ1) is 20.2. The summed E-state index contributed by atoms with van der Waals surface area (Å²) < 4.78 is 30.6. The molecule has 6 aliphatic rings. The molecule has 1 aromatic carbocycles. The zero-order chi connectivity index (χ0) is 29.8. The molecule has 7 bridgehead atoms. The van der Waals surface area contributed by atoms with Crippen molar-refractivity contribution in [1.82, 2.24) is 4.90 Å². The van der Waals surface area contributed by atoms with Gasteiger partial charge in [0.15, 0.2) is 5.78 Å². The quantitative estimate of drug-likeness (QED) is 0.430. The van der Waals surface area contributed by atoms with Crippen LogP contribution < -0.4 is 0 Å². The van der Waals surface area contributed by atoms with Crippen molar-refractivity contribution in [3.63, 3.8) is 0 Å². The number of aliphatic hydroxyl groups is 2. The van der Waals surface area contributed by atoms with Crippen molar-refractivity contribution >= 4 is 11.8 Å². The van der Waals surface area contributed by atoms with Crippen molar-refractivity contribution in [3.8, 4) is 0 Å². The monoisotopic (exact) mass is 585 g/mol. The summed E-state index contributed by atoms with van der Waals surface area (Å²) >= 11 is 0. The number of methoxy groups -OCH3 is 4. The normalized spacial score (nSPS) is 50.2. The zero-order valence-electron chi connectivity index (χ0n) is 25.0. The average molecular weight is 586 g/mol. The number of benzene rings is 1. The second-order valence-electron chi connectivity index (χ2n) is 13.5.